The Hall–Kier alpha value is -1.98. The van der Waals surface area contributed by atoms with E-state index < -0.39 is 11.1 Å². The molecule has 3 heterocycles. The summed E-state index contributed by atoms with van der Waals surface area (Å²) in [6.45, 7) is 8.19. The van der Waals surface area contributed by atoms with Crippen molar-refractivity contribution in [3.8, 4) is 6.07 Å². The molecule has 0 spiro atoms. The molecule has 7 nitrogen and oxygen atoms in total. The van der Waals surface area contributed by atoms with Crippen LogP contribution in [-0.4, -0.2) is 38.1 Å². The molecule has 0 amide bonds. The van der Waals surface area contributed by atoms with E-state index in [4.69, 9.17) is 0 Å². The minimum Gasteiger partial charge on any atom is -0.315 e. The molecule has 3 rings (SSSR count). The zero-order chi connectivity index (χ0) is 18.4. The molecule has 1 aliphatic rings. The van der Waals surface area contributed by atoms with Gasteiger partial charge in [-0.2, -0.15) is 5.26 Å². The lowest BCUT2D eigenvalue weighted by Crippen LogP contribution is -2.48. The van der Waals surface area contributed by atoms with Crippen molar-refractivity contribution in [2.24, 2.45) is 0 Å². The number of aromatic amines is 1. The number of halogens is 1. The third kappa shape index (κ3) is 3.26. The van der Waals surface area contributed by atoms with E-state index in [-0.39, 0.29) is 17.3 Å². The van der Waals surface area contributed by atoms with Gasteiger partial charge in [0, 0.05) is 24.7 Å². The van der Waals surface area contributed by atoms with Crippen molar-refractivity contribution in [3.63, 3.8) is 0 Å². The molecule has 0 bridgehead atoms. The summed E-state index contributed by atoms with van der Waals surface area (Å²) < 4.78 is 1.97. The van der Waals surface area contributed by atoms with Gasteiger partial charge in [0.15, 0.2) is 11.3 Å². The van der Waals surface area contributed by atoms with Crippen LogP contribution in [0.2, 0.25) is 0 Å². The van der Waals surface area contributed by atoms with Gasteiger partial charge < -0.3 is 4.98 Å². The number of nitrogens with one attached hydrogen (secondary N) is 1. The summed E-state index contributed by atoms with van der Waals surface area (Å²) in [5.41, 5.74) is -0.194. The quantitative estimate of drug-likeness (QED) is 0.733. The third-order valence-corrected chi connectivity index (χ3v) is 5.33. The van der Waals surface area contributed by atoms with E-state index in [0.29, 0.717) is 15.6 Å². The number of aromatic nitrogens is 3. The fraction of sp³-hybridized carbons (Fsp3) is 0.529. The molecule has 0 aromatic carbocycles. The van der Waals surface area contributed by atoms with Crippen molar-refractivity contribution in [1.82, 2.24) is 19.4 Å². The van der Waals surface area contributed by atoms with E-state index >= 15 is 0 Å². The van der Waals surface area contributed by atoms with Crippen LogP contribution in [0.1, 0.15) is 45.3 Å². The van der Waals surface area contributed by atoms with E-state index in [1.54, 1.807) is 6.07 Å². The Balaban J connectivity index is 2.10. The number of fused-ring (bicyclic) bond motifs is 1. The van der Waals surface area contributed by atoms with E-state index in [9.17, 15) is 14.9 Å². The van der Waals surface area contributed by atoms with Crippen LogP contribution in [0.4, 0.5) is 0 Å². The number of piperidine rings is 1. The van der Waals surface area contributed by atoms with E-state index in [1.807, 2.05) is 6.07 Å². The minimum absolute atomic E-state index is 0.0727. The second-order valence-electron chi connectivity index (χ2n) is 7.32. The van der Waals surface area contributed by atoms with Crippen LogP contribution in [0.5, 0.6) is 0 Å². The van der Waals surface area contributed by atoms with Gasteiger partial charge >= 0.3 is 11.1 Å². The van der Waals surface area contributed by atoms with Crippen LogP contribution in [0.15, 0.2) is 20.1 Å². The Kier molecular flexibility index (Phi) is 4.56. The summed E-state index contributed by atoms with van der Waals surface area (Å²) in [6.07, 6.45) is 1.52. The maximum Gasteiger partial charge on any atom is 0.318 e. The van der Waals surface area contributed by atoms with Gasteiger partial charge in [0.2, 0.25) is 0 Å². The minimum atomic E-state index is -0.663. The van der Waals surface area contributed by atoms with E-state index in [0.717, 1.165) is 25.9 Å². The average Bonchev–Trinajstić information content (AvgIpc) is 2.55. The highest BCUT2D eigenvalue weighted by Gasteiger charge is 2.29. The number of nitriles is 1. The first-order valence-electron chi connectivity index (χ1n) is 8.22. The molecule has 1 aliphatic heterocycles. The van der Waals surface area contributed by atoms with Crippen molar-refractivity contribution >= 4 is 27.1 Å². The molecule has 25 heavy (non-hydrogen) atoms. The zero-order valence-corrected chi connectivity index (χ0v) is 16.1. The Morgan fingerprint density at radius 3 is 2.52 bits per heavy atom. The lowest BCUT2D eigenvalue weighted by Gasteiger charge is -2.41. The molecule has 8 heteroatoms. The third-order valence-electron chi connectivity index (χ3n) is 4.73. The second kappa shape index (κ2) is 6.39. The number of H-pyrrole nitrogens is 1. The number of likely N-dealkylation sites (tertiary alicyclic amines) is 1. The van der Waals surface area contributed by atoms with Crippen LogP contribution < -0.4 is 11.1 Å². The highest BCUT2D eigenvalue weighted by Crippen LogP contribution is 2.28. The first kappa shape index (κ1) is 17.8. The van der Waals surface area contributed by atoms with Crippen molar-refractivity contribution < 1.29 is 0 Å². The molecule has 0 unspecified atom stereocenters. The van der Waals surface area contributed by atoms with Gasteiger partial charge in [-0.05, 0) is 55.6 Å². The molecule has 0 atom stereocenters. The fourth-order valence-corrected chi connectivity index (χ4v) is 3.75. The molecule has 1 saturated heterocycles. The highest BCUT2D eigenvalue weighted by molar-refractivity contribution is 9.10. The molecule has 2 aromatic rings. The van der Waals surface area contributed by atoms with Crippen molar-refractivity contribution in [1.29, 1.82) is 5.26 Å². The summed E-state index contributed by atoms with van der Waals surface area (Å²) >= 11 is 3.27. The Bertz CT molecular complexity index is 972. The molecule has 0 aliphatic carbocycles. The van der Waals surface area contributed by atoms with Gasteiger partial charge in [-0.25, -0.2) is 4.98 Å². The van der Waals surface area contributed by atoms with Gasteiger partial charge in [0.1, 0.15) is 6.07 Å². The molecular formula is C17H20BrN5O2. The zero-order valence-electron chi connectivity index (χ0n) is 14.5. The number of hydrogen-bond donors (Lipinski definition) is 1. The lowest BCUT2D eigenvalue weighted by molar-refractivity contribution is 0.0898. The van der Waals surface area contributed by atoms with Crippen LogP contribution in [0.25, 0.3) is 11.2 Å². The first-order valence-corrected chi connectivity index (χ1v) is 9.02. The monoisotopic (exact) mass is 405 g/mol. The molecule has 1 fully saturated rings. The van der Waals surface area contributed by atoms with Gasteiger partial charge in [-0.15, -0.1) is 0 Å². The second-order valence-corrected chi connectivity index (χ2v) is 8.17. The highest BCUT2D eigenvalue weighted by atomic mass is 79.9. The number of pyridine rings is 1. The number of hydrogen-bond acceptors (Lipinski definition) is 5. The summed E-state index contributed by atoms with van der Waals surface area (Å²) in [6, 6.07) is 3.53. The standard InChI is InChI=1S/C17H20BrN5O2/c1-17(2,3)22-6-4-10(5-7-22)23-14-12(21-15(24)16(23)25)8-11(18)13(9-19)20-14/h8,10H,4-7H2,1-3H3,(H,21,24). The summed E-state index contributed by atoms with van der Waals surface area (Å²) in [5, 5.41) is 9.22. The molecule has 2 aromatic heterocycles. The lowest BCUT2D eigenvalue weighted by atomic mass is 9.98. The summed E-state index contributed by atoms with van der Waals surface area (Å²) in [7, 11) is 0. The Labute approximate surface area is 153 Å². The molecule has 132 valence electrons. The Morgan fingerprint density at radius 2 is 1.96 bits per heavy atom. The topological polar surface area (TPSA) is 94.8 Å². The predicted octanol–water partition coefficient (Wildman–Crippen LogP) is 2.15. The maximum atomic E-state index is 12.5. The van der Waals surface area contributed by atoms with Gasteiger partial charge in [0.05, 0.1) is 9.99 Å². The van der Waals surface area contributed by atoms with Crippen molar-refractivity contribution in [3.05, 3.63) is 36.9 Å². The van der Waals surface area contributed by atoms with Gasteiger partial charge in [0.25, 0.3) is 0 Å². The molecule has 0 radical (unpaired) electrons. The number of rotatable bonds is 1. The molecule has 0 saturated carbocycles. The first-order chi connectivity index (χ1) is 11.7. The predicted molar refractivity (Wildman–Crippen MR) is 98.6 cm³/mol. The largest absolute Gasteiger partial charge is 0.318 e. The van der Waals surface area contributed by atoms with Gasteiger partial charge in [-0.3, -0.25) is 19.1 Å². The van der Waals surface area contributed by atoms with E-state index in [2.05, 4.69) is 51.6 Å². The SMILES string of the molecule is CC(C)(C)N1CCC(n2c(=O)c(=O)[nH]c3cc(Br)c(C#N)nc32)CC1. The average molecular weight is 406 g/mol. The van der Waals surface area contributed by atoms with Gasteiger partial charge in [-0.1, -0.05) is 0 Å². The van der Waals surface area contributed by atoms with E-state index in [1.165, 1.54) is 4.57 Å². The molecular weight excluding hydrogens is 386 g/mol. The summed E-state index contributed by atoms with van der Waals surface area (Å²) in [5.74, 6) is 0. The Morgan fingerprint density at radius 1 is 1.32 bits per heavy atom. The van der Waals surface area contributed by atoms with Crippen LogP contribution in [-0.2, 0) is 0 Å². The van der Waals surface area contributed by atoms with Crippen molar-refractivity contribution in [2.75, 3.05) is 13.1 Å². The fourth-order valence-electron chi connectivity index (χ4n) is 3.35. The van der Waals surface area contributed by atoms with Crippen molar-refractivity contribution in [2.45, 2.75) is 45.2 Å². The normalized spacial score (nSPS) is 16.9. The smallest absolute Gasteiger partial charge is 0.315 e. The number of nitrogens with zero attached hydrogens (tertiary/aromatic N) is 4. The van der Waals surface area contributed by atoms with Crippen LogP contribution in [0, 0.1) is 11.3 Å². The summed E-state index contributed by atoms with van der Waals surface area (Å²) in [4.78, 5) is 33.8. The van der Waals surface area contributed by atoms with Crippen LogP contribution in [0.3, 0.4) is 0 Å². The van der Waals surface area contributed by atoms with Crippen LogP contribution >= 0.6 is 15.9 Å². The molecule has 1 N–H and O–H groups in total. The maximum absolute atomic E-state index is 12.5.